The first-order valence-electron chi connectivity index (χ1n) is 11.3. The van der Waals surface area contributed by atoms with E-state index in [0.29, 0.717) is 3.63 Å². The first-order chi connectivity index (χ1) is 15.8. The van der Waals surface area contributed by atoms with Gasteiger partial charge < -0.3 is 0 Å². The average Bonchev–Trinajstić information content (AvgIpc) is 3.48. The topological polar surface area (TPSA) is 0 Å². The molecular weight excluding hydrogens is 480 g/mol. The van der Waals surface area contributed by atoms with Gasteiger partial charge in [-0.15, -0.1) is 0 Å². The second-order valence-corrected chi connectivity index (χ2v) is 12.8. The van der Waals surface area contributed by atoms with Crippen LogP contribution in [0.5, 0.6) is 0 Å². The van der Waals surface area contributed by atoms with Crippen LogP contribution in [0.4, 0.5) is 0 Å². The van der Waals surface area contributed by atoms with Crippen molar-refractivity contribution in [1.29, 1.82) is 0 Å². The minimum absolute atomic E-state index is 0.506. The summed E-state index contributed by atoms with van der Waals surface area (Å²) in [7, 11) is -1.62. The molecule has 0 N–H and O–H groups in total. The number of hydrogen-bond donors (Lipinski definition) is 0. The van der Waals surface area contributed by atoms with E-state index in [2.05, 4.69) is 115 Å². The molecule has 6 rings (SSSR count). The third-order valence-corrected chi connectivity index (χ3v) is 11.5. The number of fused-ring (bicyclic) bond motifs is 3. The average molecular weight is 503 g/mol. The van der Waals surface area contributed by atoms with Crippen LogP contribution < -0.4 is 15.6 Å². The maximum atomic E-state index is 2.47. The Hall–Kier alpha value is -2.54. The molecule has 2 aliphatic carbocycles. The molecule has 0 heterocycles. The monoisotopic (exact) mass is 501 g/mol. The summed E-state index contributed by atoms with van der Waals surface area (Å²) < 4.78 is 0.506. The minimum atomic E-state index is -1.62. The van der Waals surface area contributed by atoms with Crippen LogP contribution in [0.3, 0.4) is 0 Å². The van der Waals surface area contributed by atoms with Gasteiger partial charge >= 0.3 is 208 Å². The molecule has 1 atom stereocenters. The summed E-state index contributed by atoms with van der Waals surface area (Å²) in [5.74, 6) is 0. The molecular formula is C30H23SiZr. The fraction of sp³-hybridized carbons (Fsp3) is 0.0667. The van der Waals surface area contributed by atoms with Gasteiger partial charge in [0, 0.05) is 0 Å². The number of rotatable bonds is 4. The van der Waals surface area contributed by atoms with Gasteiger partial charge in [0.2, 0.25) is 0 Å². The van der Waals surface area contributed by atoms with E-state index in [0.717, 1.165) is 6.42 Å². The second-order valence-electron chi connectivity index (χ2n) is 8.59. The molecule has 0 amide bonds. The van der Waals surface area contributed by atoms with Crippen molar-refractivity contribution in [2.45, 2.75) is 10.0 Å². The van der Waals surface area contributed by atoms with Crippen LogP contribution in [-0.2, 0) is 24.7 Å². The van der Waals surface area contributed by atoms with E-state index in [4.69, 9.17) is 0 Å². The standard InChI is InChI=1S/C30H23Si.Zr/c1-3-14-24(15-4-1)31(25-16-5-2-6-17-25)29-20-19-27-26-18-10-9-13-23(26)21-28(27)30(29)22-11-7-8-12-22;/h1-11,13-21,31H,12H2;. The molecule has 0 saturated carbocycles. The van der Waals surface area contributed by atoms with Gasteiger partial charge in [-0.1, -0.05) is 0 Å². The van der Waals surface area contributed by atoms with E-state index in [1.54, 1.807) is 35.5 Å². The Morgan fingerprint density at radius 3 is 2.00 bits per heavy atom. The Kier molecular flexibility index (Phi) is 5.29. The van der Waals surface area contributed by atoms with E-state index < -0.39 is 8.80 Å². The normalized spacial score (nSPS) is 16.1. The zero-order chi connectivity index (χ0) is 21.5. The van der Waals surface area contributed by atoms with Crippen LogP contribution in [0.25, 0.3) is 16.7 Å². The van der Waals surface area contributed by atoms with Crippen molar-refractivity contribution in [1.82, 2.24) is 0 Å². The third-order valence-electron chi connectivity index (χ3n) is 6.80. The second kappa shape index (κ2) is 8.43. The fourth-order valence-corrected chi connectivity index (χ4v) is 9.99. The predicted molar refractivity (Wildman–Crippen MR) is 134 cm³/mol. The molecule has 1 unspecified atom stereocenters. The Morgan fingerprint density at radius 1 is 0.688 bits per heavy atom. The van der Waals surface area contributed by atoms with Crippen LogP contribution in [-0.4, -0.2) is 8.80 Å². The van der Waals surface area contributed by atoms with E-state index >= 15 is 0 Å². The van der Waals surface area contributed by atoms with Crippen molar-refractivity contribution >= 4 is 29.9 Å². The number of benzene rings is 4. The van der Waals surface area contributed by atoms with Crippen molar-refractivity contribution in [3.63, 3.8) is 0 Å². The van der Waals surface area contributed by atoms with E-state index in [9.17, 15) is 0 Å². The zero-order valence-corrected chi connectivity index (χ0v) is 21.4. The van der Waals surface area contributed by atoms with E-state index in [1.807, 2.05) is 0 Å². The van der Waals surface area contributed by atoms with Gasteiger partial charge in [-0.05, 0) is 0 Å². The quantitative estimate of drug-likeness (QED) is 0.275. The van der Waals surface area contributed by atoms with Gasteiger partial charge in [-0.25, -0.2) is 0 Å². The summed E-state index contributed by atoms with van der Waals surface area (Å²) in [5.41, 5.74) is 8.98. The summed E-state index contributed by atoms with van der Waals surface area (Å²) in [6.07, 6.45) is 7.93. The zero-order valence-electron chi connectivity index (χ0n) is 17.8. The molecule has 0 saturated heterocycles. The van der Waals surface area contributed by atoms with Gasteiger partial charge in [0.1, 0.15) is 0 Å². The number of allylic oxidation sites excluding steroid dienone is 4. The van der Waals surface area contributed by atoms with Crippen molar-refractivity contribution in [2.75, 3.05) is 0 Å². The molecule has 4 aromatic rings. The van der Waals surface area contributed by atoms with Crippen molar-refractivity contribution in [3.05, 3.63) is 132 Å². The third kappa shape index (κ3) is 3.29. The fourth-order valence-electron chi connectivity index (χ4n) is 5.39. The molecule has 0 aromatic heterocycles. The molecule has 0 spiro atoms. The van der Waals surface area contributed by atoms with Crippen LogP contribution >= 0.6 is 0 Å². The molecule has 0 nitrogen and oxygen atoms in total. The van der Waals surface area contributed by atoms with Crippen LogP contribution in [0.1, 0.15) is 26.7 Å². The molecule has 151 valence electrons. The van der Waals surface area contributed by atoms with Crippen LogP contribution in [0, 0.1) is 0 Å². The van der Waals surface area contributed by atoms with Gasteiger partial charge in [0.25, 0.3) is 0 Å². The Bertz CT molecular complexity index is 1310. The van der Waals surface area contributed by atoms with Gasteiger partial charge in [-0.3, -0.25) is 0 Å². The van der Waals surface area contributed by atoms with Crippen LogP contribution in [0.15, 0.2) is 115 Å². The first kappa shape index (κ1) is 20.1. The van der Waals surface area contributed by atoms with Gasteiger partial charge in [0.05, 0.1) is 0 Å². The molecule has 2 aliphatic rings. The first-order valence-corrected chi connectivity index (χ1v) is 14.4. The molecule has 4 aromatic carbocycles. The molecule has 0 fully saturated rings. The molecule has 0 radical (unpaired) electrons. The summed E-state index contributed by atoms with van der Waals surface area (Å²) in [6, 6.07) is 36.3. The van der Waals surface area contributed by atoms with Crippen LogP contribution in [0.2, 0.25) is 0 Å². The number of hydrogen-bond acceptors (Lipinski definition) is 0. The Balaban J connectivity index is 1.65. The molecule has 0 aliphatic heterocycles. The molecule has 0 bridgehead atoms. The van der Waals surface area contributed by atoms with Crippen molar-refractivity contribution in [3.8, 4) is 11.1 Å². The van der Waals surface area contributed by atoms with Crippen molar-refractivity contribution in [2.24, 2.45) is 0 Å². The summed E-state index contributed by atoms with van der Waals surface area (Å²) in [6.45, 7) is 0. The molecule has 32 heavy (non-hydrogen) atoms. The Morgan fingerprint density at radius 2 is 1.34 bits per heavy atom. The molecule has 2 heteroatoms. The van der Waals surface area contributed by atoms with Gasteiger partial charge in [0.15, 0.2) is 0 Å². The van der Waals surface area contributed by atoms with Gasteiger partial charge in [-0.2, -0.15) is 0 Å². The Labute approximate surface area is 206 Å². The SMILES string of the molecule is [Zr][CH]1c2ccccc2-c2ccc([SiH](c3ccccc3)c3ccccc3)c(C3=CC=CC3)c21. The summed E-state index contributed by atoms with van der Waals surface area (Å²) >= 11 is 1.57. The van der Waals surface area contributed by atoms with Crippen molar-refractivity contribution < 1.29 is 24.7 Å². The maximum absolute atomic E-state index is 2.47. The summed E-state index contributed by atoms with van der Waals surface area (Å²) in [5, 5.41) is 4.54. The van der Waals surface area contributed by atoms with E-state index in [-0.39, 0.29) is 0 Å². The van der Waals surface area contributed by atoms with E-state index in [1.165, 1.54) is 38.2 Å². The predicted octanol–water partition coefficient (Wildman–Crippen LogP) is 4.90. The summed E-state index contributed by atoms with van der Waals surface area (Å²) in [4.78, 5) is 0.